The first kappa shape index (κ1) is 17.2. The first-order chi connectivity index (χ1) is 11.9. The molecule has 0 N–H and O–H groups in total. The third-order valence-corrected chi connectivity index (χ3v) is 5.26. The van der Waals surface area contributed by atoms with Crippen molar-refractivity contribution in [2.24, 2.45) is 0 Å². The second kappa shape index (κ2) is 6.68. The van der Waals surface area contributed by atoms with E-state index in [-0.39, 0.29) is 11.3 Å². The molecule has 1 aliphatic heterocycles. The minimum Gasteiger partial charge on any atom is -0.497 e. The van der Waals surface area contributed by atoms with Crippen LogP contribution in [0.3, 0.4) is 0 Å². The Morgan fingerprint density at radius 2 is 1.92 bits per heavy atom. The van der Waals surface area contributed by atoms with E-state index < -0.39 is 27.6 Å². The van der Waals surface area contributed by atoms with Crippen LogP contribution in [-0.4, -0.2) is 33.2 Å². The number of benzene rings is 2. The Kier molecular flexibility index (Phi) is 4.59. The number of ether oxygens (including phenoxy) is 1. The number of anilines is 1. The van der Waals surface area contributed by atoms with Gasteiger partial charge in [0.25, 0.3) is 5.91 Å². The minimum absolute atomic E-state index is 0.147. The zero-order chi connectivity index (χ0) is 18.0. The average molecular weight is 361 g/mol. The number of sulfone groups is 1. The van der Waals surface area contributed by atoms with Gasteiger partial charge in [0.05, 0.1) is 18.9 Å². The second-order valence-corrected chi connectivity index (χ2v) is 7.54. The van der Waals surface area contributed by atoms with Gasteiger partial charge in [-0.15, -0.1) is 0 Å². The topological polar surface area (TPSA) is 63.7 Å². The summed E-state index contributed by atoms with van der Waals surface area (Å²) in [4.78, 5) is 14.3. The van der Waals surface area contributed by atoms with Crippen LogP contribution in [0.4, 0.5) is 10.1 Å². The first-order valence-corrected chi connectivity index (χ1v) is 9.25. The van der Waals surface area contributed by atoms with Crippen molar-refractivity contribution in [3.8, 4) is 5.75 Å². The van der Waals surface area contributed by atoms with E-state index in [1.165, 1.54) is 36.3 Å². The van der Waals surface area contributed by atoms with E-state index >= 15 is 0 Å². The molecule has 0 spiro atoms. The fourth-order valence-corrected chi connectivity index (χ4v) is 3.95. The molecule has 1 aliphatic rings. The van der Waals surface area contributed by atoms with Crippen LogP contribution in [0.15, 0.2) is 60.0 Å². The van der Waals surface area contributed by atoms with Gasteiger partial charge in [-0.2, -0.15) is 0 Å². The van der Waals surface area contributed by atoms with Crippen LogP contribution in [-0.2, 0) is 9.84 Å². The summed E-state index contributed by atoms with van der Waals surface area (Å²) >= 11 is 0. The van der Waals surface area contributed by atoms with Gasteiger partial charge in [0.2, 0.25) is 0 Å². The number of amides is 1. The number of nitrogens with zero attached hydrogens (tertiary/aromatic N) is 1. The molecule has 1 heterocycles. The van der Waals surface area contributed by atoms with E-state index in [0.29, 0.717) is 11.4 Å². The normalized spacial score (nSPS) is 18.1. The lowest BCUT2D eigenvalue weighted by atomic mass is 10.1. The molecule has 0 aliphatic carbocycles. The highest BCUT2D eigenvalue weighted by atomic mass is 32.2. The Morgan fingerprint density at radius 3 is 2.48 bits per heavy atom. The Morgan fingerprint density at radius 1 is 1.20 bits per heavy atom. The molecule has 0 aromatic heterocycles. The van der Waals surface area contributed by atoms with Crippen LogP contribution >= 0.6 is 0 Å². The molecule has 25 heavy (non-hydrogen) atoms. The van der Waals surface area contributed by atoms with Gasteiger partial charge in [-0.1, -0.05) is 6.07 Å². The molecule has 0 saturated heterocycles. The molecule has 5 nitrogen and oxygen atoms in total. The van der Waals surface area contributed by atoms with E-state index in [0.717, 1.165) is 11.5 Å². The van der Waals surface area contributed by atoms with Gasteiger partial charge in [-0.25, -0.2) is 12.8 Å². The van der Waals surface area contributed by atoms with Crippen molar-refractivity contribution in [1.82, 2.24) is 0 Å². The van der Waals surface area contributed by atoms with Gasteiger partial charge in [0, 0.05) is 16.7 Å². The largest absolute Gasteiger partial charge is 0.497 e. The molecule has 0 saturated carbocycles. The van der Waals surface area contributed by atoms with Crippen molar-refractivity contribution in [2.45, 2.75) is 6.04 Å². The van der Waals surface area contributed by atoms with Crippen LogP contribution in [0.25, 0.3) is 0 Å². The van der Waals surface area contributed by atoms with Crippen molar-refractivity contribution in [3.05, 3.63) is 71.4 Å². The van der Waals surface area contributed by atoms with Crippen molar-refractivity contribution in [3.63, 3.8) is 0 Å². The monoisotopic (exact) mass is 361 g/mol. The van der Waals surface area contributed by atoms with Crippen LogP contribution in [0.2, 0.25) is 0 Å². The predicted molar refractivity (Wildman–Crippen MR) is 92.9 cm³/mol. The molecule has 0 bridgehead atoms. The Labute approximate surface area is 145 Å². The number of carbonyl (C=O) groups is 1. The standard InChI is InChI=1S/C18H16FNO4S/c1-24-17-7-5-15(6-8-17)20(16-9-10-25(22,23)12-16)18(21)13-3-2-4-14(19)11-13/h2-11,16H,12H2,1H3. The summed E-state index contributed by atoms with van der Waals surface area (Å²) in [5.41, 5.74) is 0.648. The maximum absolute atomic E-state index is 13.5. The molecule has 1 amide bonds. The maximum atomic E-state index is 13.5. The number of methoxy groups -OCH3 is 1. The Hall–Kier alpha value is -2.67. The lowest BCUT2D eigenvalue weighted by Gasteiger charge is -2.28. The van der Waals surface area contributed by atoms with Gasteiger partial charge in [0.15, 0.2) is 9.84 Å². The molecule has 0 fully saturated rings. The highest BCUT2D eigenvalue weighted by Crippen LogP contribution is 2.27. The SMILES string of the molecule is COc1ccc(N(C(=O)c2cccc(F)c2)C2C=CS(=O)(=O)C2)cc1. The molecule has 1 atom stereocenters. The smallest absolute Gasteiger partial charge is 0.258 e. The highest BCUT2D eigenvalue weighted by molar-refractivity contribution is 7.94. The summed E-state index contributed by atoms with van der Waals surface area (Å²) in [5.74, 6) is -0.608. The summed E-state index contributed by atoms with van der Waals surface area (Å²) in [6.07, 6.45) is 1.47. The fourth-order valence-electron chi connectivity index (χ4n) is 2.68. The number of rotatable bonds is 4. The molecule has 3 rings (SSSR count). The quantitative estimate of drug-likeness (QED) is 0.840. The van der Waals surface area contributed by atoms with Gasteiger partial charge in [-0.3, -0.25) is 4.79 Å². The number of halogens is 1. The van der Waals surface area contributed by atoms with Crippen LogP contribution < -0.4 is 9.64 Å². The molecule has 2 aromatic carbocycles. The molecule has 7 heteroatoms. The van der Waals surface area contributed by atoms with E-state index in [4.69, 9.17) is 4.74 Å². The summed E-state index contributed by atoms with van der Waals surface area (Å²) in [7, 11) is -1.83. The number of hydrogen-bond acceptors (Lipinski definition) is 4. The molecular formula is C18H16FNO4S. The molecular weight excluding hydrogens is 345 g/mol. The van der Waals surface area contributed by atoms with Gasteiger partial charge in [-0.05, 0) is 48.5 Å². The van der Waals surface area contributed by atoms with Crippen LogP contribution in [0.1, 0.15) is 10.4 Å². The third kappa shape index (κ3) is 3.71. The third-order valence-electron chi connectivity index (χ3n) is 3.88. The van der Waals surface area contributed by atoms with Crippen molar-refractivity contribution in [1.29, 1.82) is 0 Å². The maximum Gasteiger partial charge on any atom is 0.258 e. The van der Waals surface area contributed by atoms with E-state index in [1.54, 1.807) is 24.3 Å². The van der Waals surface area contributed by atoms with Gasteiger partial charge in [0.1, 0.15) is 11.6 Å². The van der Waals surface area contributed by atoms with Gasteiger partial charge < -0.3 is 9.64 Å². The van der Waals surface area contributed by atoms with E-state index in [2.05, 4.69) is 0 Å². The summed E-state index contributed by atoms with van der Waals surface area (Å²) in [6, 6.07) is 11.3. The van der Waals surface area contributed by atoms with Crippen molar-refractivity contribution < 1.29 is 22.3 Å². The zero-order valence-corrected chi connectivity index (χ0v) is 14.2. The van der Waals surface area contributed by atoms with Crippen molar-refractivity contribution >= 4 is 21.4 Å². The van der Waals surface area contributed by atoms with Crippen molar-refractivity contribution in [2.75, 3.05) is 17.8 Å². The highest BCUT2D eigenvalue weighted by Gasteiger charge is 2.32. The molecule has 2 aromatic rings. The van der Waals surface area contributed by atoms with E-state index in [1.807, 2.05) is 0 Å². The van der Waals surface area contributed by atoms with E-state index in [9.17, 15) is 17.6 Å². The number of hydrogen-bond donors (Lipinski definition) is 0. The number of carbonyl (C=O) groups excluding carboxylic acids is 1. The lowest BCUT2D eigenvalue weighted by Crippen LogP contribution is -2.41. The average Bonchev–Trinajstić information content (AvgIpc) is 2.95. The molecule has 1 unspecified atom stereocenters. The second-order valence-electron chi connectivity index (χ2n) is 5.61. The molecule has 0 radical (unpaired) electrons. The summed E-state index contributed by atoms with van der Waals surface area (Å²) < 4.78 is 42.2. The zero-order valence-electron chi connectivity index (χ0n) is 13.4. The van der Waals surface area contributed by atoms with Gasteiger partial charge >= 0.3 is 0 Å². The van der Waals surface area contributed by atoms with Crippen LogP contribution in [0, 0.1) is 5.82 Å². The molecule has 130 valence electrons. The fraction of sp³-hybridized carbons (Fsp3) is 0.167. The first-order valence-electron chi connectivity index (χ1n) is 7.54. The van der Waals surface area contributed by atoms with Crippen LogP contribution in [0.5, 0.6) is 5.75 Å². The Bertz CT molecular complexity index is 922. The minimum atomic E-state index is -3.36. The predicted octanol–water partition coefficient (Wildman–Crippen LogP) is 2.79. The Balaban J connectivity index is 2.02. The summed E-state index contributed by atoms with van der Waals surface area (Å²) in [5, 5.41) is 1.10. The lowest BCUT2D eigenvalue weighted by molar-refractivity contribution is 0.0982. The summed E-state index contributed by atoms with van der Waals surface area (Å²) in [6.45, 7) is 0.